The smallest absolute Gasteiger partial charge is 0.272 e. The Hall–Kier alpha value is -2.08. The van der Waals surface area contributed by atoms with Crippen LogP contribution >= 0.6 is 0 Å². The van der Waals surface area contributed by atoms with Gasteiger partial charge in [-0.3, -0.25) is 9.89 Å². The maximum atomic E-state index is 12.5. The lowest BCUT2D eigenvalue weighted by Crippen LogP contribution is -2.39. The number of phenols is 1. The molecule has 0 spiro atoms. The van der Waals surface area contributed by atoms with Crippen molar-refractivity contribution in [2.24, 2.45) is 5.92 Å². The van der Waals surface area contributed by atoms with E-state index in [1.165, 1.54) is 0 Å². The quantitative estimate of drug-likeness (QED) is 0.749. The number of fused-ring (bicyclic) bond motifs is 1. The summed E-state index contributed by atoms with van der Waals surface area (Å²) in [4.78, 5) is 12.5. The standard InChI is InChI=1S/C19H27N3O3/c1-12(2)9-10-25-15-6-3-13(4-7-15)20-19(24)18-16-11-14(23)5-8-17(16)21-22-18/h5,8,11-13,15,23H,3-4,6-7,9-10H2,1-2H3,(H,20,24)(H,21,22). The fourth-order valence-electron chi connectivity index (χ4n) is 3.27. The highest BCUT2D eigenvalue weighted by molar-refractivity contribution is 6.05. The summed E-state index contributed by atoms with van der Waals surface area (Å²) >= 11 is 0. The zero-order valence-corrected chi connectivity index (χ0v) is 14.9. The number of hydrogen-bond donors (Lipinski definition) is 3. The van der Waals surface area contributed by atoms with Gasteiger partial charge in [-0.05, 0) is 56.2 Å². The number of rotatable bonds is 6. The number of phenolic OH excluding ortho intramolecular Hbond substituents is 1. The molecule has 0 aliphatic heterocycles. The fourth-order valence-corrected chi connectivity index (χ4v) is 3.27. The average molecular weight is 345 g/mol. The van der Waals surface area contributed by atoms with Gasteiger partial charge in [-0.1, -0.05) is 13.8 Å². The molecular formula is C19H27N3O3. The minimum absolute atomic E-state index is 0.127. The first-order chi connectivity index (χ1) is 12.0. The van der Waals surface area contributed by atoms with Gasteiger partial charge >= 0.3 is 0 Å². The third kappa shape index (κ3) is 4.51. The van der Waals surface area contributed by atoms with Crippen LogP contribution in [0.15, 0.2) is 18.2 Å². The molecule has 1 amide bonds. The van der Waals surface area contributed by atoms with Crippen LogP contribution < -0.4 is 5.32 Å². The van der Waals surface area contributed by atoms with E-state index in [0.717, 1.165) is 44.2 Å². The Morgan fingerprint density at radius 3 is 2.84 bits per heavy atom. The van der Waals surface area contributed by atoms with Gasteiger partial charge < -0.3 is 15.2 Å². The van der Waals surface area contributed by atoms with E-state index in [2.05, 4.69) is 29.4 Å². The number of benzene rings is 1. The molecule has 3 N–H and O–H groups in total. The molecule has 25 heavy (non-hydrogen) atoms. The average Bonchev–Trinajstić information content (AvgIpc) is 2.99. The van der Waals surface area contributed by atoms with E-state index < -0.39 is 0 Å². The van der Waals surface area contributed by atoms with Crippen LogP contribution in [0.25, 0.3) is 10.9 Å². The number of carbonyl (C=O) groups excluding carboxylic acids is 1. The van der Waals surface area contributed by atoms with Crippen molar-refractivity contribution in [3.05, 3.63) is 23.9 Å². The Bertz CT molecular complexity index is 718. The summed E-state index contributed by atoms with van der Waals surface area (Å²) in [5.41, 5.74) is 1.08. The van der Waals surface area contributed by atoms with Crippen LogP contribution in [0, 0.1) is 5.92 Å². The lowest BCUT2D eigenvalue weighted by molar-refractivity contribution is 0.0172. The van der Waals surface area contributed by atoms with Gasteiger partial charge in [0.2, 0.25) is 0 Å². The van der Waals surface area contributed by atoms with Crippen LogP contribution in [0.5, 0.6) is 5.75 Å². The number of aromatic nitrogens is 2. The Balaban J connectivity index is 1.51. The third-order valence-electron chi connectivity index (χ3n) is 4.82. The summed E-state index contributed by atoms with van der Waals surface area (Å²) in [6.45, 7) is 5.23. The number of nitrogens with one attached hydrogen (secondary N) is 2. The summed E-state index contributed by atoms with van der Waals surface area (Å²) in [6.07, 6.45) is 5.21. The molecule has 136 valence electrons. The highest BCUT2D eigenvalue weighted by atomic mass is 16.5. The van der Waals surface area contributed by atoms with Crippen molar-refractivity contribution in [3.63, 3.8) is 0 Å². The van der Waals surface area contributed by atoms with Crippen LogP contribution in [0.3, 0.4) is 0 Å². The Morgan fingerprint density at radius 1 is 1.36 bits per heavy atom. The van der Waals surface area contributed by atoms with E-state index in [4.69, 9.17) is 4.74 Å². The second-order valence-corrected chi connectivity index (χ2v) is 7.30. The largest absolute Gasteiger partial charge is 0.508 e. The molecule has 0 bridgehead atoms. The number of carbonyl (C=O) groups is 1. The molecule has 6 heteroatoms. The minimum Gasteiger partial charge on any atom is -0.508 e. The van der Waals surface area contributed by atoms with E-state index in [1.54, 1.807) is 18.2 Å². The first kappa shape index (κ1) is 17.7. The molecule has 2 aromatic rings. The monoisotopic (exact) mass is 345 g/mol. The Labute approximate surface area is 148 Å². The van der Waals surface area contributed by atoms with Gasteiger partial charge in [0.15, 0.2) is 5.69 Å². The maximum absolute atomic E-state index is 12.5. The maximum Gasteiger partial charge on any atom is 0.272 e. The topological polar surface area (TPSA) is 87.2 Å². The van der Waals surface area contributed by atoms with Crippen molar-refractivity contribution in [2.75, 3.05) is 6.61 Å². The van der Waals surface area contributed by atoms with Gasteiger partial charge in [0, 0.05) is 18.0 Å². The van der Waals surface area contributed by atoms with Crippen molar-refractivity contribution >= 4 is 16.8 Å². The van der Waals surface area contributed by atoms with E-state index in [9.17, 15) is 9.90 Å². The van der Waals surface area contributed by atoms with Gasteiger partial charge in [-0.25, -0.2) is 0 Å². The molecule has 1 aromatic carbocycles. The number of hydrogen-bond acceptors (Lipinski definition) is 4. The molecule has 6 nitrogen and oxygen atoms in total. The van der Waals surface area contributed by atoms with Crippen molar-refractivity contribution in [1.29, 1.82) is 0 Å². The molecule has 1 saturated carbocycles. The molecule has 3 rings (SSSR count). The second-order valence-electron chi connectivity index (χ2n) is 7.30. The van der Waals surface area contributed by atoms with Crippen molar-refractivity contribution < 1.29 is 14.6 Å². The third-order valence-corrected chi connectivity index (χ3v) is 4.82. The summed E-state index contributed by atoms with van der Waals surface area (Å²) in [7, 11) is 0. The fraction of sp³-hybridized carbons (Fsp3) is 0.579. The first-order valence-electron chi connectivity index (χ1n) is 9.12. The number of nitrogens with zero attached hydrogens (tertiary/aromatic N) is 1. The van der Waals surface area contributed by atoms with Crippen LogP contribution in [-0.2, 0) is 4.74 Å². The van der Waals surface area contributed by atoms with E-state index in [-0.39, 0.29) is 17.7 Å². The summed E-state index contributed by atoms with van der Waals surface area (Å²) in [5, 5.41) is 20.3. The zero-order valence-electron chi connectivity index (χ0n) is 14.9. The molecular weight excluding hydrogens is 318 g/mol. The second kappa shape index (κ2) is 7.87. The molecule has 1 aliphatic carbocycles. The molecule has 0 radical (unpaired) electrons. The summed E-state index contributed by atoms with van der Waals surface area (Å²) in [5.74, 6) is 0.599. The number of ether oxygens (including phenoxy) is 1. The molecule has 1 aliphatic rings. The lowest BCUT2D eigenvalue weighted by Gasteiger charge is -2.29. The van der Waals surface area contributed by atoms with Gasteiger partial charge in [0.1, 0.15) is 5.75 Å². The van der Waals surface area contributed by atoms with Crippen molar-refractivity contribution in [2.45, 2.75) is 58.1 Å². The number of aromatic hydroxyl groups is 1. The van der Waals surface area contributed by atoms with Crippen molar-refractivity contribution in [3.8, 4) is 5.75 Å². The van der Waals surface area contributed by atoms with E-state index in [1.807, 2.05) is 0 Å². The molecule has 0 unspecified atom stereocenters. The van der Waals surface area contributed by atoms with Crippen LogP contribution in [0.2, 0.25) is 0 Å². The van der Waals surface area contributed by atoms with E-state index >= 15 is 0 Å². The number of H-pyrrole nitrogens is 1. The van der Waals surface area contributed by atoms with E-state index in [0.29, 0.717) is 23.1 Å². The van der Waals surface area contributed by atoms with Crippen LogP contribution in [0.4, 0.5) is 0 Å². The lowest BCUT2D eigenvalue weighted by atomic mass is 9.92. The minimum atomic E-state index is -0.193. The van der Waals surface area contributed by atoms with Gasteiger partial charge in [0.05, 0.1) is 11.6 Å². The zero-order chi connectivity index (χ0) is 17.8. The molecule has 0 saturated heterocycles. The highest BCUT2D eigenvalue weighted by Crippen LogP contribution is 2.24. The SMILES string of the molecule is CC(C)CCOC1CCC(NC(=O)c2n[nH]c3ccc(O)cc23)CC1. The van der Waals surface area contributed by atoms with Crippen LogP contribution in [0.1, 0.15) is 56.4 Å². The first-order valence-corrected chi connectivity index (χ1v) is 9.12. The molecule has 1 aromatic heterocycles. The normalized spacial score (nSPS) is 20.9. The molecule has 1 fully saturated rings. The Kier molecular flexibility index (Phi) is 5.58. The predicted octanol–water partition coefficient (Wildman–Crippen LogP) is 3.37. The van der Waals surface area contributed by atoms with Gasteiger partial charge in [-0.15, -0.1) is 0 Å². The molecule has 1 heterocycles. The summed E-state index contributed by atoms with van der Waals surface area (Å²) < 4.78 is 5.93. The summed E-state index contributed by atoms with van der Waals surface area (Å²) in [6, 6.07) is 5.01. The number of amides is 1. The Morgan fingerprint density at radius 2 is 2.12 bits per heavy atom. The number of aromatic amines is 1. The van der Waals surface area contributed by atoms with Crippen LogP contribution in [-0.4, -0.2) is 40.0 Å². The van der Waals surface area contributed by atoms with Gasteiger partial charge in [0.25, 0.3) is 5.91 Å². The van der Waals surface area contributed by atoms with Crippen molar-refractivity contribution in [1.82, 2.24) is 15.5 Å². The van der Waals surface area contributed by atoms with Gasteiger partial charge in [-0.2, -0.15) is 5.10 Å². The highest BCUT2D eigenvalue weighted by Gasteiger charge is 2.24. The molecule has 0 atom stereocenters. The predicted molar refractivity (Wildman–Crippen MR) is 96.7 cm³/mol.